The molecule has 0 saturated heterocycles. The van der Waals surface area contributed by atoms with Gasteiger partial charge in [0.2, 0.25) is 0 Å². The lowest BCUT2D eigenvalue weighted by Gasteiger charge is -2.25. The van der Waals surface area contributed by atoms with Crippen LogP contribution in [0.1, 0.15) is 50.2 Å². The number of aryl methyl sites for hydroxylation is 2. The SMILES string of the molecule is COC(=O)c1cncn1C[C@@H](C)Cc1ccc(C)cc1.Cc1ccc(CC2Cn3cncc3C(=O)N2)cc1. The summed E-state index contributed by atoms with van der Waals surface area (Å²) in [6.07, 6.45) is 8.37. The van der Waals surface area contributed by atoms with E-state index in [2.05, 4.69) is 84.6 Å². The zero-order valence-corrected chi connectivity index (χ0v) is 22.4. The summed E-state index contributed by atoms with van der Waals surface area (Å²) in [6.45, 7) is 7.86. The summed E-state index contributed by atoms with van der Waals surface area (Å²) in [4.78, 5) is 31.5. The minimum atomic E-state index is -0.343. The summed E-state index contributed by atoms with van der Waals surface area (Å²) in [5.41, 5.74) is 6.23. The molecule has 2 aromatic heterocycles. The Balaban J connectivity index is 0.000000178. The van der Waals surface area contributed by atoms with Gasteiger partial charge in [-0.1, -0.05) is 66.6 Å². The number of rotatable bonds is 7. The first-order valence-electron chi connectivity index (χ1n) is 12.8. The molecule has 8 nitrogen and oxygen atoms in total. The standard InChI is InChI=1S/C16H20N2O2.C14H15N3O/c1-12-4-6-14(7-5-12)8-13(2)10-18-11-17-9-15(18)16(19)20-3;1-10-2-4-11(5-3-10)6-12-8-17-9-15-7-13(17)14(18)16-12/h4-7,9,11,13H,8,10H2,1-3H3;2-5,7,9,12H,6,8H2,1H3,(H,16,18)/t13-;/m0./s1. The number of carbonyl (C=O) groups excluding carboxylic acids is 2. The quantitative estimate of drug-likeness (QED) is 0.370. The molecule has 0 saturated carbocycles. The Morgan fingerprint density at radius 1 is 1.00 bits per heavy atom. The molecular formula is C30H35N5O3. The van der Waals surface area contributed by atoms with Gasteiger partial charge in [0.25, 0.3) is 5.91 Å². The molecule has 2 atom stereocenters. The Hall–Kier alpha value is -4.20. The van der Waals surface area contributed by atoms with Gasteiger partial charge in [-0.2, -0.15) is 0 Å². The number of ether oxygens (including phenoxy) is 1. The molecule has 198 valence electrons. The number of nitrogens with one attached hydrogen (secondary N) is 1. The van der Waals surface area contributed by atoms with Crippen LogP contribution in [0.25, 0.3) is 0 Å². The van der Waals surface area contributed by atoms with Gasteiger partial charge < -0.3 is 19.2 Å². The molecule has 3 heterocycles. The monoisotopic (exact) mass is 513 g/mol. The molecule has 1 N–H and O–H groups in total. The van der Waals surface area contributed by atoms with Gasteiger partial charge in [-0.05, 0) is 43.7 Å². The molecule has 8 heteroatoms. The van der Waals surface area contributed by atoms with Crippen molar-refractivity contribution in [3.8, 4) is 0 Å². The van der Waals surface area contributed by atoms with Gasteiger partial charge in [0.1, 0.15) is 11.4 Å². The predicted octanol–water partition coefficient (Wildman–Crippen LogP) is 4.40. The second-order valence-corrected chi connectivity index (χ2v) is 10.0. The van der Waals surface area contributed by atoms with Crippen LogP contribution in [-0.2, 0) is 30.7 Å². The number of carbonyl (C=O) groups is 2. The van der Waals surface area contributed by atoms with Crippen LogP contribution in [0.4, 0.5) is 0 Å². The van der Waals surface area contributed by atoms with E-state index in [4.69, 9.17) is 4.74 Å². The molecule has 0 fully saturated rings. The zero-order valence-electron chi connectivity index (χ0n) is 22.4. The first-order chi connectivity index (χ1) is 18.3. The van der Waals surface area contributed by atoms with Crippen LogP contribution in [0.2, 0.25) is 0 Å². The van der Waals surface area contributed by atoms with Crippen molar-refractivity contribution in [1.82, 2.24) is 24.4 Å². The highest BCUT2D eigenvalue weighted by Gasteiger charge is 2.24. The van der Waals surface area contributed by atoms with Crippen LogP contribution < -0.4 is 5.32 Å². The van der Waals surface area contributed by atoms with Crippen molar-refractivity contribution in [2.45, 2.75) is 52.7 Å². The van der Waals surface area contributed by atoms with Crippen LogP contribution in [-0.4, -0.2) is 44.1 Å². The van der Waals surface area contributed by atoms with Gasteiger partial charge in [0.05, 0.1) is 38.2 Å². The highest BCUT2D eigenvalue weighted by molar-refractivity contribution is 5.93. The molecule has 1 aliphatic rings. The Kier molecular flexibility index (Phi) is 8.73. The molecule has 1 amide bonds. The molecule has 0 radical (unpaired) electrons. The number of hydrogen-bond donors (Lipinski definition) is 1. The third-order valence-corrected chi connectivity index (χ3v) is 6.62. The number of nitrogens with zero attached hydrogens (tertiary/aromatic N) is 4. The van der Waals surface area contributed by atoms with Crippen molar-refractivity contribution in [2.75, 3.05) is 7.11 Å². The van der Waals surface area contributed by atoms with Gasteiger partial charge >= 0.3 is 5.97 Å². The summed E-state index contributed by atoms with van der Waals surface area (Å²) in [5, 5.41) is 3.02. The lowest BCUT2D eigenvalue weighted by atomic mass is 10.00. The van der Waals surface area contributed by atoms with Gasteiger partial charge in [-0.3, -0.25) is 4.79 Å². The van der Waals surface area contributed by atoms with Crippen molar-refractivity contribution in [3.63, 3.8) is 0 Å². The topological polar surface area (TPSA) is 91.0 Å². The second-order valence-electron chi connectivity index (χ2n) is 10.0. The number of hydrogen-bond acceptors (Lipinski definition) is 5. The van der Waals surface area contributed by atoms with Gasteiger partial charge in [-0.15, -0.1) is 0 Å². The number of esters is 1. The van der Waals surface area contributed by atoms with E-state index >= 15 is 0 Å². The number of benzene rings is 2. The largest absolute Gasteiger partial charge is 0.464 e. The molecule has 4 aromatic rings. The van der Waals surface area contributed by atoms with Crippen LogP contribution in [0.5, 0.6) is 0 Å². The Morgan fingerprint density at radius 3 is 2.29 bits per heavy atom. The van der Waals surface area contributed by atoms with Crippen LogP contribution in [0.3, 0.4) is 0 Å². The van der Waals surface area contributed by atoms with Crippen LogP contribution in [0, 0.1) is 19.8 Å². The average molecular weight is 514 g/mol. The third-order valence-electron chi connectivity index (χ3n) is 6.62. The normalized spacial score (nSPS) is 15.1. The van der Waals surface area contributed by atoms with Gasteiger partial charge in [-0.25, -0.2) is 14.8 Å². The van der Waals surface area contributed by atoms with E-state index in [-0.39, 0.29) is 17.9 Å². The van der Waals surface area contributed by atoms with Gasteiger partial charge in [0, 0.05) is 13.1 Å². The maximum Gasteiger partial charge on any atom is 0.356 e. The van der Waals surface area contributed by atoms with Crippen molar-refractivity contribution in [3.05, 3.63) is 107 Å². The maximum absolute atomic E-state index is 11.8. The van der Waals surface area contributed by atoms with E-state index in [1.165, 1.54) is 29.4 Å². The first-order valence-corrected chi connectivity index (χ1v) is 12.8. The molecule has 1 unspecified atom stereocenters. The van der Waals surface area contributed by atoms with Crippen molar-refractivity contribution < 1.29 is 14.3 Å². The van der Waals surface area contributed by atoms with E-state index < -0.39 is 0 Å². The summed E-state index contributed by atoms with van der Waals surface area (Å²) in [5.74, 6) is 0.0382. The van der Waals surface area contributed by atoms with Crippen molar-refractivity contribution in [1.29, 1.82) is 0 Å². The van der Waals surface area contributed by atoms with Crippen molar-refractivity contribution >= 4 is 11.9 Å². The molecule has 0 spiro atoms. The molecule has 0 bridgehead atoms. The molecule has 1 aliphatic heterocycles. The predicted molar refractivity (Wildman–Crippen MR) is 146 cm³/mol. The smallest absolute Gasteiger partial charge is 0.356 e. The van der Waals surface area contributed by atoms with E-state index in [0.717, 1.165) is 25.9 Å². The molecule has 0 aliphatic carbocycles. The highest BCUT2D eigenvalue weighted by Crippen LogP contribution is 2.14. The fraction of sp³-hybridized carbons (Fsp3) is 0.333. The fourth-order valence-corrected chi connectivity index (χ4v) is 4.59. The highest BCUT2D eigenvalue weighted by atomic mass is 16.5. The number of methoxy groups -OCH3 is 1. The third kappa shape index (κ3) is 6.97. The first kappa shape index (κ1) is 26.9. The Bertz CT molecular complexity index is 1360. The lowest BCUT2D eigenvalue weighted by molar-refractivity contribution is 0.0587. The van der Waals surface area contributed by atoms with Crippen LogP contribution >= 0.6 is 0 Å². The minimum absolute atomic E-state index is 0.0316. The summed E-state index contributed by atoms with van der Waals surface area (Å²) < 4.78 is 8.51. The van der Waals surface area contributed by atoms with E-state index in [1.54, 1.807) is 25.0 Å². The Morgan fingerprint density at radius 2 is 1.63 bits per heavy atom. The van der Waals surface area contributed by atoms with E-state index in [1.807, 2.05) is 9.13 Å². The molecular weight excluding hydrogens is 478 g/mol. The number of imidazole rings is 2. The summed E-state index contributed by atoms with van der Waals surface area (Å²) >= 11 is 0. The van der Waals surface area contributed by atoms with E-state index in [9.17, 15) is 9.59 Å². The number of aromatic nitrogens is 4. The van der Waals surface area contributed by atoms with E-state index in [0.29, 0.717) is 17.3 Å². The number of fused-ring (bicyclic) bond motifs is 1. The second kappa shape index (κ2) is 12.4. The molecule has 2 aromatic carbocycles. The number of amides is 1. The average Bonchev–Trinajstić information content (AvgIpc) is 3.57. The fourth-order valence-electron chi connectivity index (χ4n) is 4.59. The zero-order chi connectivity index (χ0) is 27.1. The van der Waals surface area contributed by atoms with Gasteiger partial charge in [0.15, 0.2) is 0 Å². The minimum Gasteiger partial charge on any atom is -0.464 e. The van der Waals surface area contributed by atoms with Crippen molar-refractivity contribution in [2.24, 2.45) is 5.92 Å². The molecule has 5 rings (SSSR count). The lowest BCUT2D eigenvalue weighted by Crippen LogP contribution is -2.45. The van der Waals surface area contributed by atoms with Crippen LogP contribution in [0.15, 0.2) is 73.6 Å². The summed E-state index contributed by atoms with van der Waals surface area (Å²) in [6, 6.07) is 17.1. The maximum atomic E-state index is 11.8. The summed E-state index contributed by atoms with van der Waals surface area (Å²) in [7, 11) is 1.38. The molecule has 38 heavy (non-hydrogen) atoms. The Labute approximate surface area is 223 Å².